The van der Waals surface area contributed by atoms with Crippen molar-refractivity contribution in [3.8, 4) is 5.75 Å². The second-order valence-electron chi connectivity index (χ2n) is 5.38. The summed E-state index contributed by atoms with van der Waals surface area (Å²) in [4.78, 5) is 0. The number of methoxy groups -OCH3 is 1. The molecule has 0 radical (unpaired) electrons. The summed E-state index contributed by atoms with van der Waals surface area (Å²) in [5, 5.41) is 3.64. The molecular weight excluding hydrogens is 222 g/mol. The van der Waals surface area contributed by atoms with Crippen molar-refractivity contribution in [2.75, 3.05) is 13.7 Å². The van der Waals surface area contributed by atoms with E-state index in [-0.39, 0.29) is 0 Å². The van der Waals surface area contributed by atoms with E-state index in [4.69, 9.17) is 4.74 Å². The zero-order valence-corrected chi connectivity index (χ0v) is 12.0. The van der Waals surface area contributed by atoms with Crippen molar-refractivity contribution < 1.29 is 4.74 Å². The van der Waals surface area contributed by atoms with Gasteiger partial charge in [0.2, 0.25) is 0 Å². The summed E-state index contributed by atoms with van der Waals surface area (Å²) in [6.07, 6.45) is 3.96. The van der Waals surface area contributed by atoms with Crippen molar-refractivity contribution in [3.05, 3.63) is 28.8 Å². The largest absolute Gasteiger partial charge is 0.496 e. The molecule has 0 aromatic heterocycles. The molecule has 1 N–H and O–H groups in total. The van der Waals surface area contributed by atoms with Gasteiger partial charge in [0.15, 0.2) is 0 Å². The van der Waals surface area contributed by atoms with Crippen molar-refractivity contribution in [2.24, 2.45) is 0 Å². The maximum atomic E-state index is 5.40. The number of likely N-dealkylation sites (N-methyl/N-ethyl adjacent to an activating group) is 1. The Balaban J connectivity index is 2.30. The lowest BCUT2D eigenvalue weighted by molar-refractivity contribution is 0.410. The number of aryl methyl sites for hydroxylation is 2. The van der Waals surface area contributed by atoms with Gasteiger partial charge in [0.1, 0.15) is 5.75 Å². The maximum absolute atomic E-state index is 5.40. The van der Waals surface area contributed by atoms with Crippen molar-refractivity contribution >= 4 is 0 Å². The molecule has 0 bridgehead atoms. The Kier molecular flexibility index (Phi) is 4.28. The van der Waals surface area contributed by atoms with Gasteiger partial charge in [-0.15, -0.1) is 0 Å². The zero-order valence-electron chi connectivity index (χ0n) is 12.0. The number of ether oxygens (including phenoxy) is 1. The first-order valence-corrected chi connectivity index (χ1v) is 7.05. The van der Waals surface area contributed by atoms with E-state index in [0.29, 0.717) is 12.0 Å². The van der Waals surface area contributed by atoms with Gasteiger partial charge in [-0.2, -0.15) is 0 Å². The lowest BCUT2D eigenvalue weighted by Gasteiger charge is -2.23. The summed E-state index contributed by atoms with van der Waals surface area (Å²) >= 11 is 0. The number of rotatable bonds is 4. The molecule has 2 heteroatoms. The van der Waals surface area contributed by atoms with Gasteiger partial charge in [0.25, 0.3) is 0 Å². The standard InChI is InChI=1S/C16H25NO/c1-5-17-15-8-6-7-13(15)14-9-12(3)16(18-4)10-11(14)2/h9-10,13,15,17H,5-8H2,1-4H3. The maximum Gasteiger partial charge on any atom is 0.122 e. The van der Waals surface area contributed by atoms with Crippen LogP contribution < -0.4 is 10.1 Å². The first kappa shape index (κ1) is 13.4. The van der Waals surface area contributed by atoms with Crippen LogP contribution in [0.15, 0.2) is 12.1 Å². The third kappa shape index (κ3) is 2.54. The lowest BCUT2D eigenvalue weighted by Crippen LogP contribution is -2.31. The van der Waals surface area contributed by atoms with E-state index in [2.05, 4.69) is 38.2 Å². The molecule has 0 saturated heterocycles. The van der Waals surface area contributed by atoms with Crippen LogP contribution >= 0.6 is 0 Å². The molecule has 1 saturated carbocycles. The van der Waals surface area contributed by atoms with Gasteiger partial charge in [-0.25, -0.2) is 0 Å². The van der Waals surface area contributed by atoms with Crippen molar-refractivity contribution in [1.29, 1.82) is 0 Å². The van der Waals surface area contributed by atoms with Gasteiger partial charge in [-0.1, -0.05) is 19.4 Å². The number of benzene rings is 1. The molecule has 1 aromatic carbocycles. The van der Waals surface area contributed by atoms with Crippen molar-refractivity contribution in [3.63, 3.8) is 0 Å². The zero-order chi connectivity index (χ0) is 13.1. The molecule has 2 rings (SSSR count). The molecule has 0 heterocycles. The average molecular weight is 247 g/mol. The van der Waals surface area contributed by atoms with E-state index in [9.17, 15) is 0 Å². The number of hydrogen-bond donors (Lipinski definition) is 1. The van der Waals surface area contributed by atoms with Crippen molar-refractivity contribution in [1.82, 2.24) is 5.32 Å². The minimum absolute atomic E-state index is 0.654. The second-order valence-corrected chi connectivity index (χ2v) is 5.38. The van der Waals surface area contributed by atoms with Gasteiger partial charge >= 0.3 is 0 Å². The predicted octanol–water partition coefficient (Wildman–Crippen LogP) is 3.56. The summed E-state index contributed by atoms with van der Waals surface area (Å²) in [5.41, 5.74) is 4.13. The van der Waals surface area contributed by atoms with Crippen LogP contribution in [0, 0.1) is 13.8 Å². The van der Waals surface area contributed by atoms with E-state index < -0.39 is 0 Å². The van der Waals surface area contributed by atoms with Gasteiger partial charge in [0.05, 0.1) is 7.11 Å². The first-order chi connectivity index (χ1) is 8.67. The van der Waals surface area contributed by atoms with Crippen LogP contribution in [0.25, 0.3) is 0 Å². The summed E-state index contributed by atoms with van der Waals surface area (Å²) in [7, 11) is 1.75. The molecule has 2 atom stereocenters. The Bertz CT molecular complexity index is 414. The molecule has 100 valence electrons. The molecule has 0 amide bonds. The van der Waals surface area contributed by atoms with E-state index in [1.54, 1.807) is 7.11 Å². The summed E-state index contributed by atoms with van der Waals surface area (Å²) in [6, 6.07) is 5.17. The fourth-order valence-electron chi connectivity index (χ4n) is 3.27. The topological polar surface area (TPSA) is 21.3 Å². The van der Waals surface area contributed by atoms with E-state index in [0.717, 1.165) is 12.3 Å². The molecule has 2 unspecified atom stereocenters. The smallest absolute Gasteiger partial charge is 0.122 e. The third-order valence-electron chi connectivity index (χ3n) is 4.17. The molecule has 0 spiro atoms. The van der Waals surface area contributed by atoms with Crippen molar-refractivity contribution in [2.45, 2.75) is 52.0 Å². The summed E-state index contributed by atoms with van der Waals surface area (Å²) in [6.45, 7) is 7.61. The van der Waals surface area contributed by atoms with Crippen LogP contribution in [0.4, 0.5) is 0 Å². The molecule has 0 aliphatic heterocycles. The third-order valence-corrected chi connectivity index (χ3v) is 4.17. The first-order valence-electron chi connectivity index (χ1n) is 7.05. The SMILES string of the molecule is CCNC1CCCC1c1cc(C)c(OC)cc1C. The lowest BCUT2D eigenvalue weighted by atomic mass is 9.89. The average Bonchev–Trinajstić information content (AvgIpc) is 2.80. The van der Waals surface area contributed by atoms with Crippen LogP contribution in [0.1, 0.15) is 48.8 Å². The molecule has 2 nitrogen and oxygen atoms in total. The highest BCUT2D eigenvalue weighted by Gasteiger charge is 2.29. The molecule has 18 heavy (non-hydrogen) atoms. The minimum atomic E-state index is 0.654. The Morgan fingerprint density at radius 2 is 2.00 bits per heavy atom. The van der Waals surface area contributed by atoms with E-state index >= 15 is 0 Å². The van der Waals surface area contributed by atoms with Gasteiger partial charge in [-0.05, 0) is 61.9 Å². The van der Waals surface area contributed by atoms with E-state index in [1.165, 1.54) is 36.0 Å². The number of nitrogens with one attached hydrogen (secondary N) is 1. The number of hydrogen-bond acceptors (Lipinski definition) is 2. The molecule has 1 aromatic rings. The quantitative estimate of drug-likeness (QED) is 0.878. The van der Waals surface area contributed by atoms with Gasteiger partial charge in [-0.3, -0.25) is 0 Å². The van der Waals surface area contributed by atoms with Crippen LogP contribution in [0.5, 0.6) is 5.75 Å². The molecule has 1 aliphatic carbocycles. The fourth-order valence-corrected chi connectivity index (χ4v) is 3.27. The van der Waals surface area contributed by atoms with Crippen LogP contribution in [-0.2, 0) is 0 Å². The van der Waals surface area contributed by atoms with Crippen LogP contribution in [0.3, 0.4) is 0 Å². The highest BCUT2D eigenvalue weighted by atomic mass is 16.5. The predicted molar refractivity (Wildman–Crippen MR) is 76.5 cm³/mol. The van der Waals surface area contributed by atoms with Crippen LogP contribution in [-0.4, -0.2) is 19.7 Å². The minimum Gasteiger partial charge on any atom is -0.496 e. The molecular formula is C16H25NO. The highest BCUT2D eigenvalue weighted by Crippen LogP contribution is 2.38. The normalized spacial score (nSPS) is 23.3. The van der Waals surface area contributed by atoms with Gasteiger partial charge < -0.3 is 10.1 Å². The molecule has 1 fully saturated rings. The Morgan fingerprint density at radius 1 is 1.22 bits per heavy atom. The highest BCUT2D eigenvalue weighted by molar-refractivity contribution is 5.43. The monoisotopic (exact) mass is 247 g/mol. The molecule has 1 aliphatic rings. The summed E-state index contributed by atoms with van der Waals surface area (Å²) in [5.74, 6) is 1.68. The van der Waals surface area contributed by atoms with Crippen LogP contribution in [0.2, 0.25) is 0 Å². The Morgan fingerprint density at radius 3 is 2.67 bits per heavy atom. The van der Waals surface area contributed by atoms with E-state index in [1.807, 2.05) is 0 Å². The van der Waals surface area contributed by atoms with Gasteiger partial charge in [0, 0.05) is 6.04 Å². The fraction of sp³-hybridized carbons (Fsp3) is 0.625. The summed E-state index contributed by atoms with van der Waals surface area (Å²) < 4.78 is 5.40. The Hall–Kier alpha value is -1.02. The Labute approximate surface area is 111 Å². The second kappa shape index (κ2) is 5.75.